The zero-order chi connectivity index (χ0) is 57.4. The van der Waals surface area contributed by atoms with Gasteiger partial charge in [-0.3, -0.25) is 0 Å². The molecule has 0 aromatic heterocycles. The maximum Gasteiger partial charge on any atom is 0.0475 e. The Kier molecular flexibility index (Phi) is 18.8. The molecular weight excluding hydrogens is 1110 g/mol. The Morgan fingerprint density at radius 1 is 0.420 bits per heavy atom. The number of allylic oxidation sites excluding steroid dienone is 1. The van der Waals surface area contributed by atoms with Crippen LogP contribution >= 0.6 is 31.9 Å². The van der Waals surface area contributed by atoms with Crippen molar-refractivity contribution in [2.75, 3.05) is 9.80 Å². The number of fused-ring (bicyclic) bond motifs is 6. The number of hydrogen-bond donors (Lipinski definition) is 0. The molecule has 9 rings (SSSR count). The van der Waals surface area contributed by atoms with Crippen LogP contribution in [0.2, 0.25) is 0 Å². The first kappa shape index (κ1) is 59.2. The van der Waals surface area contributed by atoms with Crippen molar-refractivity contribution in [3.63, 3.8) is 0 Å². The molecule has 2 aliphatic carbocycles. The maximum absolute atomic E-state index is 3.74. The van der Waals surface area contributed by atoms with Crippen molar-refractivity contribution in [2.45, 2.75) is 174 Å². The van der Waals surface area contributed by atoms with E-state index < -0.39 is 5.41 Å². The monoisotopic (exact) mass is 1190 g/mol. The van der Waals surface area contributed by atoms with Gasteiger partial charge in [0.2, 0.25) is 0 Å². The summed E-state index contributed by atoms with van der Waals surface area (Å²) in [5, 5.41) is 0. The third-order valence-corrected chi connectivity index (χ3v) is 18.2. The van der Waals surface area contributed by atoms with Crippen molar-refractivity contribution in [1.29, 1.82) is 0 Å². The Labute approximate surface area is 503 Å². The minimum atomic E-state index is -0.523. The molecule has 0 saturated carbocycles. The van der Waals surface area contributed by atoms with Crippen LogP contribution in [0, 0.1) is 0 Å². The molecule has 0 N–H and O–H groups in total. The predicted molar refractivity (Wildman–Crippen MR) is 354 cm³/mol. The molecule has 0 radical (unpaired) electrons. The predicted octanol–water partition coefficient (Wildman–Crippen LogP) is 23.9. The number of rotatable bonds is 21. The highest BCUT2D eigenvalue weighted by Gasteiger charge is 2.46. The molecule has 0 bridgehead atoms. The van der Waals surface area contributed by atoms with Crippen molar-refractivity contribution in [3.8, 4) is 22.3 Å². The molecule has 7 aromatic rings. The fourth-order valence-corrected chi connectivity index (χ4v) is 13.1. The van der Waals surface area contributed by atoms with Crippen molar-refractivity contribution >= 4 is 66.0 Å². The number of unbranched alkanes of at least 4 members (excludes halogenated alkanes) is 10. The minimum Gasteiger partial charge on any atom is -0.310 e. The number of anilines is 6. The minimum absolute atomic E-state index is 0.0325. The van der Waals surface area contributed by atoms with E-state index in [4.69, 9.17) is 0 Å². The van der Waals surface area contributed by atoms with E-state index in [0.29, 0.717) is 0 Å². The highest BCUT2D eigenvalue weighted by Crippen LogP contribution is 2.60. The van der Waals surface area contributed by atoms with Crippen LogP contribution in [-0.2, 0) is 21.7 Å². The average Bonchev–Trinajstić information content (AvgIpc) is 4.10. The zero-order valence-corrected chi connectivity index (χ0v) is 52.9. The summed E-state index contributed by atoms with van der Waals surface area (Å²) in [6, 6.07) is 55.8. The second kappa shape index (κ2) is 25.8. The lowest BCUT2D eigenvalue weighted by Crippen LogP contribution is -2.24. The Morgan fingerprint density at radius 3 is 1.27 bits per heavy atom. The van der Waals surface area contributed by atoms with Crippen LogP contribution in [-0.4, -0.2) is 0 Å². The molecule has 2 nitrogen and oxygen atoms in total. The highest BCUT2D eigenvalue weighted by molar-refractivity contribution is 9.10. The van der Waals surface area contributed by atoms with Crippen molar-refractivity contribution in [3.05, 3.63) is 235 Å². The lowest BCUT2D eigenvalue weighted by Gasteiger charge is -2.32. The van der Waals surface area contributed by atoms with Gasteiger partial charge in [0.15, 0.2) is 0 Å². The maximum atomic E-state index is 3.74. The van der Waals surface area contributed by atoms with Gasteiger partial charge in [0.25, 0.3) is 0 Å². The molecule has 414 valence electrons. The summed E-state index contributed by atoms with van der Waals surface area (Å²) in [5.74, 6) is 0. The van der Waals surface area contributed by atoms with E-state index in [9.17, 15) is 0 Å². The summed E-state index contributed by atoms with van der Waals surface area (Å²) < 4.78 is 2.12. The van der Waals surface area contributed by atoms with Crippen LogP contribution in [0.15, 0.2) is 202 Å². The van der Waals surface area contributed by atoms with Crippen molar-refractivity contribution in [2.24, 2.45) is 0 Å². The molecule has 7 aromatic carbocycles. The molecule has 0 aliphatic heterocycles. The summed E-state index contributed by atoms with van der Waals surface area (Å²) in [6.45, 7) is 24.6. The van der Waals surface area contributed by atoms with E-state index in [-0.39, 0.29) is 16.2 Å². The molecule has 0 spiro atoms. The van der Waals surface area contributed by atoms with Gasteiger partial charge in [0.05, 0.1) is 0 Å². The van der Waals surface area contributed by atoms with Gasteiger partial charge >= 0.3 is 0 Å². The number of halogens is 2. The van der Waals surface area contributed by atoms with Gasteiger partial charge in [-0.25, -0.2) is 0 Å². The second-order valence-electron chi connectivity index (χ2n) is 24.9. The Morgan fingerprint density at radius 2 is 0.790 bits per heavy atom. The fraction of sp³-hybridized carbons (Fsp3) is 0.351. The molecule has 4 heteroatoms. The van der Waals surface area contributed by atoms with E-state index in [0.717, 1.165) is 63.1 Å². The molecule has 0 heterocycles. The number of hydrogen-bond acceptors (Lipinski definition) is 2. The van der Waals surface area contributed by atoms with Crippen LogP contribution in [0.3, 0.4) is 0 Å². The van der Waals surface area contributed by atoms with Gasteiger partial charge in [0, 0.05) is 53.9 Å². The first-order chi connectivity index (χ1) is 39.0. The third-order valence-electron chi connectivity index (χ3n) is 17.2. The summed E-state index contributed by atoms with van der Waals surface area (Å²) in [5.41, 5.74) is 37.7. The van der Waals surface area contributed by atoms with Crippen molar-refractivity contribution < 1.29 is 0 Å². The van der Waals surface area contributed by atoms with E-state index in [1.807, 2.05) is 0 Å². The summed E-state index contributed by atoms with van der Waals surface area (Å²) in [7, 11) is 0. The van der Waals surface area contributed by atoms with Crippen LogP contribution in [0.5, 0.6) is 0 Å². The molecule has 2 unspecified atom stereocenters. The van der Waals surface area contributed by atoms with Crippen LogP contribution < -0.4 is 9.80 Å². The van der Waals surface area contributed by atoms with Crippen LogP contribution in [0.25, 0.3) is 22.3 Å². The van der Waals surface area contributed by atoms with Crippen molar-refractivity contribution in [1.82, 2.24) is 0 Å². The zero-order valence-electron chi connectivity index (χ0n) is 49.7. The van der Waals surface area contributed by atoms with Gasteiger partial charge in [-0.1, -0.05) is 219 Å². The summed E-state index contributed by atoms with van der Waals surface area (Å²) in [6.07, 6.45) is 19.0. The molecule has 0 fully saturated rings. The van der Waals surface area contributed by atoms with Gasteiger partial charge in [-0.2, -0.15) is 0 Å². The summed E-state index contributed by atoms with van der Waals surface area (Å²) >= 11 is 7.49. The van der Waals surface area contributed by atoms with E-state index >= 15 is 0 Å². The first-order valence-corrected chi connectivity index (χ1v) is 31.5. The van der Waals surface area contributed by atoms with Gasteiger partial charge in [0.1, 0.15) is 0 Å². The summed E-state index contributed by atoms with van der Waals surface area (Å²) in [4.78, 5) is 4.87. The standard InChI is InChI=1S/C77H82Br2N2/c1-11-14-17-20-23-26-49-76(10)70-52-64(80(62-41-33-58(78)34-42-62)60-37-29-56(30-38-60)74(4,5)6)45-47-66(70)68-55-73-69(54-71(68)76)67-48-46-65(81(63-43-35-59(79)36-44-63)61-39-31-57(32-40-61)75(7,8)9)53-72(67)77(73,50-27-24-21-18-15-12-2)51-28-25-22-19-16-13-3/h29-48,50,52-55H,2,11,13-14,16-17,19-20,22-23,25-26,28,49,51H2,1,3-10H3. The molecule has 81 heavy (non-hydrogen) atoms. The molecule has 2 aliphatic rings. The first-order valence-electron chi connectivity index (χ1n) is 29.9. The smallest absolute Gasteiger partial charge is 0.0475 e. The van der Waals surface area contributed by atoms with E-state index in [1.165, 1.54) is 126 Å². The Balaban J connectivity index is 1.27. The number of nitrogens with zero attached hydrogens (tertiary/aromatic N) is 2. The fourth-order valence-electron chi connectivity index (χ4n) is 12.6. The van der Waals surface area contributed by atoms with Gasteiger partial charge in [-0.15, -0.1) is 0 Å². The molecule has 0 saturated heterocycles. The van der Waals surface area contributed by atoms with E-state index in [2.05, 4.69) is 297 Å². The molecule has 2 atom stereocenters. The van der Waals surface area contributed by atoms with Crippen LogP contribution in [0.1, 0.15) is 186 Å². The lowest BCUT2D eigenvalue weighted by molar-refractivity contribution is 0.480. The Bertz CT molecular complexity index is 3590. The Hall–Kier alpha value is -6.48. The highest BCUT2D eigenvalue weighted by atomic mass is 79.9. The average molecular weight is 1200 g/mol. The number of benzene rings is 7. The quantitative estimate of drug-likeness (QED) is 0.0523. The normalized spacial score (nSPS) is 15.6. The van der Waals surface area contributed by atoms with Gasteiger partial charge in [-0.05, 0) is 224 Å². The van der Waals surface area contributed by atoms with E-state index in [1.54, 1.807) is 0 Å². The van der Waals surface area contributed by atoms with Crippen LogP contribution in [0.4, 0.5) is 34.1 Å². The topological polar surface area (TPSA) is 6.48 Å². The second-order valence-corrected chi connectivity index (χ2v) is 26.8. The third kappa shape index (κ3) is 12.9. The molecule has 0 amide bonds. The SMILES string of the molecule is C=C=C=C=C=C=C=CC1(CCCCCCCC)c2cc(N(c3ccc(Br)cc3)c3ccc(C(C)(C)C)cc3)ccc2-c2cc3c(cc21)-c1ccc(N(c2ccc(Br)cc2)c2ccc(C(C)(C)C)cc2)cc1C3(C)CCCCCCCC. The molecular formula is C77H82Br2N2. The largest absolute Gasteiger partial charge is 0.310 e. The lowest BCUT2D eigenvalue weighted by atomic mass is 9.72. The van der Waals surface area contributed by atoms with Gasteiger partial charge < -0.3 is 9.80 Å².